The summed E-state index contributed by atoms with van der Waals surface area (Å²) in [6, 6.07) is 21.8. The second kappa shape index (κ2) is 13.2. The molecule has 0 radical (unpaired) electrons. The molecule has 11 heteroatoms. The highest BCUT2D eigenvalue weighted by atomic mass is 35.5. The number of halogens is 1. The third kappa shape index (κ3) is 6.01. The number of aromatic nitrogens is 1. The Balaban J connectivity index is 1.41. The molecule has 0 bridgehead atoms. The molecule has 2 N–H and O–H groups in total. The Kier molecular flexibility index (Phi) is 8.92. The second-order valence-electron chi connectivity index (χ2n) is 11.5. The number of hydrogen-bond acceptors (Lipinski definition) is 6. The van der Waals surface area contributed by atoms with Gasteiger partial charge in [0.1, 0.15) is 18.0 Å². The van der Waals surface area contributed by atoms with Crippen molar-refractivity contribution in [2.45, 2.75) is 38.1 Å². The van der Waals surface area contributed by atoms with E-state index in [2.05, 4.69) is 16.9 Å². The molecule has 4 amide bonds. The maximum atomic E-state index is 14.5. The highest BCUT2D eigenvalue weighted by Gasteiger charge is 2.52. The van der Waals surface area contributed by atoms with Crippen LogP contribution in [0.3, 0.4) is 0 Å². The van der Waals surface area contributed by atoms with Crippen LogP contribution < -0.4 is 5.32 Å². The van der Waals surface area contributed by atoms with Crippen LogP contribution in [-0.2, 0) is 22.6 Å². The highest BCUT2D eigenvalue weighted by Crippen LogP contribution is 2.36. The standard InChI is InChI=1S/C35H35ClN6O4/c1-3-18-39-22-32(44)41-30(19-24-11-13-26(43)14-12-24)34(45)40(23(2)27-15-16-29(36)28-10-7-17-37-33(27)28)21-31(41)42(39)35(46)38-20-25-8-5-4-6-9-25/h3-17,23,30-31,43H,1,18-22H2,2H3,(H,38,46)/t23-,30+,31-/m1/s1. The molecule has 0 saturated carbocycles. The van der Waals surface area contributed by atoms with E-state index in [-0.39, 0.29) is 50.2 Å². The number of carbonyl (C=O) groups excluding carboxylic acids is 3. The molecule has 2 saturated heterocycles. The maximum absolute atomic E-state index is 14.5. The van der Waals surface area contributed by atoms with Gasteiger partial charge in [0.2, 0.25) is 11.8 Å². The number of piperazine rings is 1. The zero-order chi connectivity index (χ0) is 32.4. The van der Waals surface area contributed by atoms with Gasteiger partial charge in [0.05, 0.1) is 24.6 Å². The van der Waals surface area contributed by atoms with Crippen molar-refractivity contribution in [3.05, 3.63) is 119 Å². The quantitative estimate of drug-likeness (QED) is 0.266. The summed E-state index contributed by atoms with van der Waals surface area (Å²) in [5.41, 5.74) is 3.18. The minimum absolute atomic E-state index is 0.0706. The lowest BCUT2D eigenvalue weighted by Crippen LogP contribution is -2.76. The number of phenols is 1. The molecule has 3 aromatic carbocycles. The lowest BCUT2D eigenvalue weighted by Gasteiger charge is -2.56. The van der Waals surface area contributed by atoms with Crippen LogP contribution in [0.2, 0.25) is 5.02 Å². The van der Waals surface area contributed by atoms with Gasteiger partial charge in [0.15, 0.2) is 0 Å². The number of nitrogens with one attached hydrogen (secondary N) is 1. The number of nitrogens with zero attached hydrogens (tertiary/aromatic N) is 5. The van der Waals surface area contributed by atoms with Crippen LogP contribution >= 0.6 is 11.6 Å². The van der Waals surface area contributed by atoms with E-state index in [0.717, 1.165) is 22.1 Å². The molecule has 2 fully saturated rings. The zero-order valence-corrected chi connectivity index (χ0v) is 26.2. The number of urea groups is 1. The van der Waals surface area contributed by atoms with Gasteiger partial charge in [-0.25, -0.2) is 14.8 Å². The van der Waals surface area contributed by atoms with Crippen LogP contribution in [0, 0.1) is 0 Å². The van der Waals surface area contributed by atoms with Crippen molar-refractivity contribution < 1.29 is 19.5 Å². The molecule has 2 aliphatic rings. The summed E-state index contributed by atoms with van der Waals surface area (Å²) in [6.45, 7) is 6.30. The number of pyridine rings is 1. The minimum atomic E-state index is -0.903. The molecule has 0 aliphatic carbocycles. The number of fused-ring (bicyclic) bond motifs is 2. The van der Waals surface area contributed by atoms with Crippen LogP contribution in [0.15, 0.2) is 97.7 Å². The number of carbonyl (C=O) groups is 3. The first-order chi connectivity index (χ1) is 22.3. The Morgan fingerprint density at radius 1 is 1.07 bits per heavy atom. The molecule has 4 aromatic rings. The molecule has 3 heterocycles. The van der Waals surface area contributed by atoms with Gasteiger partial charge in [-0.1, -0.05) is 66.2 Å². The van der Waals surface area contributed by atoms with Crippen molar-refractivity contribution in [2.75, 3.05) is 19.6 Å². The number of hydrogen-bond donors (Lipinski definition) is 2. The molecule has 236 valence electrons. The van der Waals surface area contributed by atoms with Gasteiger partial charge >= 0.3 is 6.03 Å². The maximum Gasteiger partial charge on any atom is 0.334 e. The predicted octanol–water partition coefficient (Wildman–Crippen LogP) is 4.89. The summed E-state index contributed by atoms with van der Waals surface area (Å²) >= 11 is 6.51. The van der Waals surface area contributed by atoms with Crippen molar-refractivity contribution in [2.24, 2.45) is 0 Å². The fourth-order valence-electron chi connectivity index (χ4n) is 6.38. The summed E-state index contributed by atoms with van der Waals surface area (Å²) in [4.78, 5) is 50.3. The van der Waals surface area contributed by atoms with E-state index in [4.69, 9.17) is 11.6 Å². The third-order valence-corrected chi connectivity index (χ3v) is 8.97. The number of amides is 4. The predicted molar refractivity (Wildman–Crippen MR) is 175 cm³/mol. The van der Waals surface area contributed by atoms with Gasteiger partial charge < -0.3 is 20.2 Å². The van der Waals surface area contributed by atoms with Crippen molar-refractivity contribution in [1.82, 2.24) is 30.1 Å². The van der Waals surface area contributed by atoms with Gasteiger partial charge in [0, 0.05) is 41.7 Å². The van der Waals surface area contributed by atoms with Crippen LogP contribution in [0.4, 0.5) is 4.79 Å². The fourth-order valence-corrected chi connectivity index (χ4v) is 6.60. The summed E-state index contributed by atoms with van der Waals surface area (Å²) in [5.74, 6) is -0.405. The van der Waals surface area contributed by atoms with Crippen molar-refractivity contribution >= 4 is 40.3 Å². The average Bonchev–Trinajstić information content (AvgIpc) is 3.06. The summed E-state index contributed by atoms with van der Waals surface area (Å²) in [7, 11) is 0. The largest absolute Gasteiger partial charge is 0.508 e. The van der Waals surface area contributed by atoms with E-state index in [1.807, 2.05) is 55.5 Å². The summed E-state index contributed by atoms with van der Waals surface area (Å²) in [6.07, 6.45) is 2.73. The normalized spacial score (nSPS) is 19.2. The van der Waals surface area contributed by atoms with Crippen LogP contribution in [0.1, 0.15) is 29.7 Å². The Morgan fingerprint density at radius 2 is 1.83 bits per heavy atom. The average molecular weight is 639 g/mol. The van der Waals surface area contributed by atoms with Gasteiger partial charge in [-0.2, -0.15) is 0 Å². The van der Waals surface area contributed by atoms with E-state index in [1.54, 1.807) is 62.4 Å². The first-order valence-corrected chi connectivity index (χ1v) is 15.5. The van der Waals surface area contributed by atoms with Crippen molar-refractivity contribution in [1.29, 1.82) is 0 Å². The first kappa shape index (κ1) is 31.1. The molecule has 1 aromatic heterocycles. The van der Waals surface area contributed by atoms with E-state index in [1.165, 1.54) is 0 Å². The van der Waals surface area contributed by atoms with Gasteiger partial charge in [0.25, 0.3) is 0 Å². The molecule has 46 heavy (non-hydrogen) atoms. The lowest BCUT2D eigenvalue weighted by atomic mass is 9.95. The Hall–Kier alpha value is -4.93. The number of phenolic OH excluding ortho intramolecular Hbond substituents is 1. The summed E-state index contributed by atoms with van der Waals surface area (Å²) < 4.78 is 0. The zero-order valence-electron chi connectivity index (χ0n) is 25.4. The monoisotopic (exact) mass is 638 g/mol. The van der Waals surface area contributed by atoms with Gasteiger partial charge in [-0.3, -0.25) is 14.6 Å². The number of benzene rings is 3. The second-order valence-corrected chi connectivity index (χ2v) is 11.9. The molecule has 0 unspecified atom stereocenters. The molecular formula is C35H35ClN6O4. The van der Waals surface area contributed by atoms with Gasteiger partial charge in [-0.15, -0.1) is 6.58 Å². The molecule has 6 rings (SSSR count). The van der Waals surface area contributed by atoms with E-state index in [9.17, 15) is 19.5 Å². The van der Waals surface area contributed by atoms with Crippen LogP contribution in [0.25, 0.3) is 10.9 Å². The minimum Gasteiger partial charge on any atom is -0.508 e. The van der Waals surface area contributed by atoms with Crippen molar-refractivity contribution in [3.8, 4) is 5.75 Å². The number of rotatable bonds is 8. The molecule has 3 atom stereocenters. The highest BCUT2D eigenvalue weighted by molar-refractivity contribution is 6.35. The van der Waals surface area contributed by atoms with Crippen LogP contribution in [-0.4, -0.2) is 79.6 Å². The Morgan fingerprint density at radius 3 is 2.57 bits per heavy atom. The van der Waals surface area contributed by atoms with E-state index < -0.39 is 24.3 Å². The Labute approximate surface area is 272 Å². The first-order valence-electron chi connectivity index (χ1n) is 15.2. The third-order valence-electron chi connectivity index (χ3n) is 8.64. The number of aromatic hydroxyl groups is 1. The number of hydrazine groups is 1. The molecular weight excluding hydrogens is 604 g/mol. The smallest absolute Gasteiger partial charge is 0.334 e. The molecule has 10 nitrogen and oxygen atoms in total. The van der Waals surface area contributed by atoms with E-state index in [0.29, 0.717) is 10.5 Å². The van der Waals surface area contributed by atoms with Gasteiger partial charge in [-0.05, 0) is 48.4 Å². The van der Waals surface area contributed by atoms with E-state index >= 15 is 0 Å². The lowest BCUT2D eigenvalue weighted by molar-refractivity contribution is -0.191. The topological polar surface area (TPSA) is 109 Å². The Bertz CT molecular complexity index is 1770. The molecule has 0 spiro atoms. The molecule has 2 aliphatic heterocycles. The fraction of sp³-hybridized carbons (Fsp3) is 0.257. The summed E-state index contributed by atoms with van der Waals surface area (Å²) in [5, 5.41) is 17.4. The van der Waals surface area contributed by atoms with Crippen molar-refractivity contribution in [3.63, 3.8) is 0 Å². The SMILES string of the molecule is C=CCN1CC(=O)N2[C@@H](CN([C@H](C)c3ccc(Cl)c4cccnc34)C(=O)[C@@H]2Cc2ccc(O)cc2)N1C(=O)NCc1ccccc1. The van der Waals surface area contributed by atoms with Crippen LogP contribution in [0.5, 0.6) is 5.75 Å².